The third kappa shape index (κ3) is 1.88. The van der Waals surface area contributed by atoms with Gasteiger partial charge in [-0.1, -0.05) is 0 Å². The molecule has 3 atom stereocenters. The van der Waals surface area contributed by atoms with Gasteiger partial charge in [0.25, 0.3) is 0 Å². The molecule has 2 aliphatic carbocycles. The lowest BCUT2D eigenvalue weighted by molar-refractivity contribution is 0.0868. The number of rotatable bonds is 0. The zero-order chi connectivity index (χ0) is 12.8. The fourth-order valence-electron chi connectivity index (χ4n) is 4.14. The monoisotopic (exact) mass is 256 g/mol. The molecular weight excluding hydrogens is 236 g/mol. The number of aliphatic hydroxyl groups is 1. The van der Waals surface area contributed by atoms with Crippen molar-refractivity contribution in [1.29, 1.82) is 0 Å². The first-order valence-corrected chi connectivity index (χ1v) is 7.45. The Morgan fingerprint density at radius 1 is 1.21 bits per heavy atom. The molecular formula is C16H20N2O. The number of benzene rings is 1. The van der Waals surface area contributed by atoms with E-state index >= 15 is 0 Å². The summed E-state index contributed by atoms with van der Waals surface area (Å²) in [7, 11) is 0. The molecule has 1 saturated carbocycles. The number of fused-ring (bicyclic) bond motifs is 4. The van der Waals surface area contributed by atoms with Gasteiger partial charge in [-0.05, 0) is 73.6 Å². The lowest BCUT2D eigenvalue weighted by Crippen LogP contribution is -2.26. The largest absolute Gasteiger partial charge is 0.393 e. The molecule has 3 heteroatoms. The van der Waals surface area contributed by atoms with E-state index in [0.29, 0.717) is 11.8 Å². The first-order valence-electron chi connectivity index (χ1n) is 7.45. The highest BCUT2D eigenvalue weighted by molar-refractivity contribution is 5.80. The predicted octanol–water partition coefficient (Wildman–Crippen LogP) is 3.14. The second-order valence-corrected chi connectivity index (χ2v) is 6.23. The highest BCUT2D eigenvalue weighted by atomic mass is 16.3. The van der Waals surface area contributed by atoms with E-state index in [2.05, 4.69) is 22.3 Å². The van der Waals surface area contributed by atoms with Gasteiger partial charge in [0, 0.05) is 5.39 Å². The van der Waals surface area contributed by atoms with Crippen LogP contribution in [-0.4, -0.2) is 21.4 Å². The van der Waals surface area contributed by atoms with Crippen molar-refractivity contribution in [2.75, 3.05) is 0 Å². The van der Waals surface area contributed by atoms with Crippen LogP contribution in [0.2, 0.25) is 0 Å². The Morgan fingerprint density at radius 2 is 2.16 bits per heavy atom. The number of aryl methyl sites for hydroxylation is 1. The molecule has 3 nitrogen and oxygen atoms in total. The van der Waals surface area contributed by atoms with Crippen molar-refractivity contribution in [3.63, 3.8) is 0 Å². The van der Waals surface area contributed by atoms with E-state index in [1.54, 1.807) is 0 Å². The van der Waals surface area contributed by atoms with E-state index < -0.39 is 0 Å². The van der Waals surface area contributed by atoms with Gasteiger partial charge in [0.05, 0.1) is 17.8 Å². The minimum Gasteiger partial charge on any atom is -0.393 e. The molecule has 2 aliphatic rings. The van der Waals surface area contributed by atoms with Crippen LogP contribution in [0.4, 0.5) is 0 Å². The molecule has 0 amide bonds. The maximum Gasteiger partial charge on any atom is 0.0653 e. The standard InChI is InChI=1S/C16H20N2O/c19-13-4-5-14-10(6-13)2-1-3-11-8-16-12(7-15(11)14)9-17-18-16/h7-10,13-14,19H,1-6H2,(H,17,18). The normalized spacial score (nSPS) is 30.7. The summed E-state index contributed by atoms with van der Waals surface area (Å²) in [5.41, 5.74) is 4.19. The second kappa shape index (κ2) is 4.34. The Bertz CT molecular complexity index is 604. The summed E-state index contributed by atoms with van der Waals surface area (Å²) >= 11 is 0. The van der Waals surface area contributed by atoms with Crippen molar-refractivity contribution < 1.29 is 5.11 Å². The molecule has 0 aliphatic heterocycles. The van der Waals surface area contributed by atoms with E-state index in [-0.39, 0.29) is 6.10 Å². The van der Waals surface area contributed by atoms with Crippen LogP contribution in [0.3, 0.4) is 0 Å². The van der Waals surface area contributed by atoms with Gasteiger partial charge in [-0.2, -0.15) is 5.10 Å². The number of nitrogens with one attached hydrogen (secondary N) is 1. The smallest absolute Gasteiger partial charge is 0.0653 e. The lowest BCUT2D eigenvalue weighted by Gasteiger charge is -2.34. The third-order valence-corrected chi connectivity index (χ3v) is 5.08. The molecule has 4 rings (SSSR count). The van der Waals surface area contributed by atoms with Crippen molar-refractivity contribution in [2.24, 2.45) is 5.92 Å². The molecule has 1 fully saturated rings. The Labute approximate surface area is 113 Å². The van der Waals surface area contributed by atoms with Crippen molar-refractivity contribution in [2.45, 2.75) is 50.5 Å². The second-order valence-electron chi connectivity index (χ2n) is 6.23. The van der Waals surface area contributed by atoms with Gasteiger partial charge in [-0.3, -0.25) is 5.10 Å². The summed E-state index contributed by atoms with van der Waals surface area (Å²) in [6, 6.07) is 4.64. The van der Waals surface area contributed by atoms with Crippen molar-refractivity contribution >= 4 is 10.9 Å². The number of H-pyrrole nitrogens is 1. The molecule has 0 spiro atoms. The van der Waals surface area contributed by atoms with Crippen LogP contribution in [-0.2, 0) is 6.42 Å². The number of aromatic amines is 1. The SMILES string of the molecule is OC1CCC2c3cc4cn[nH]c4cc3CCCC2C1. The first-order chi connectivity index (χ1) is 9.31. The van der Waals surface area contributed by atoms with Crippen LogP contribution >= 0.6 is 0 Å². The number of hydrogen-bond acceptors (Lipinski definition) is 2. The van der Waals surface area contributed by atoms with Crippen LogP contribution < -0.4 is 0 Å². The molecule has 2 aromatic rings. The van der Waals surface area contributed by atoms with Crippen molar-refractivity contribution in [3.8, 4) is 0 Å². The van der Waals surface area contributed by atoms with Crippen LogP contribution in [0.5, 0.6) is 0 Å². The molecule has 1 aromatic carbocycles. The van der Waals surface area contributed by atoms with Crippen LogP contribution in [0.15, 0.2) is 18.3 Å². The highest BCUT2D eigenvalue weighted by Crippen LogP contribution is 2.44. The van der Waals surface area contributed by atoms with E-state index in [0.717, 1.165) is 24.8 Å². The molecule has 1 heterocycles. The van der Waals surface area contributed by atoms with Crippen molar-refractivity contribution in [3.05, 3.63) is 29.5 Å². The highest BCUT2D eigenvalue weighted by Gasteiger charge is 2.33. The Hall–Kier alpha value is -1.35. The van der Waals surface area contributed by atoms with Gasteiger partial charge >= 0.3 is 0 Å². The average Bonchev–Trinajstić information content (AvgIpc) is 2.78. The molecule has 0 saturated heterocycles. The summed E-state index contributed by atoms with van der Waals surface area (Å²) in [5.74, 6) is 1.33. The zero-order valence-corrected chi connectivity index (χ0v) is 11.1. The topological polar surface area (TPSA) is 48.9 Å². The number of hydrogen-bond donors (Lipinski definition) is 2. The molecule has 19 heavy (non-hydrogen) atoms. The molecule has 0 radical (unpaired) electrons. The van der Waals surface area contributed by atoms with E-state index in [1.807, 2.05) is 6.20 Å². The number of aromatic nitrogens is 2. The molecule has 2 N–H and O–H groups in total. The number of nitrogens with zero attached hydrogens (tertiary/aromatic N) is 1. The maximum atomic E-state index is 9.91. The van der Waals surface area contributed by atoms with Gasteiger partial charge in [-0.15, -0.1) is 0 Å². The Balaban J connectivity index is 1.82. The van der Waals surface area contributed by atoms with Crippen LogP contribution in [0.25, 0.3) is 10.9 Å². The molecule has 0 bridgehead atoms. The van der Waals surface area contributed by atoms with Crippen LogP contribution in [0.1, 0.15) is 49.1 Å². The van der Waals surface area contributed by atoms with Gasteiger partial charge in [0.15, 0.2) is 0 Å². The Morgan fingerprint density at radius 3 is 3.11 bits per heavy atom. The quantitative estimate of drug-likeness (QED) is 0.760. The van der Waals surface area contributed by atoms with Gasteiger partial charge < -0.3 is 5.11 Å². The molecule has 100 valence electrons. The van der Waals surface area contributed by atoms with Gasteiger partial charge in [-0.25, -0.2) is 0 Å². The lowest BCUT2D eigenvalue weighted by atomic mass is 9.73. The van der Waals surface area contributed by atoms with E-state index in [1.165, 1.54) is 35.8 Å². The summed E-state index contributed by atoms with van der Waals surface area (Å²) in [6.07, 6.45) is 8.64. The van der Waals surface area contributed by atoms with Crippen LogP contribution in [0, 0.1) is 5.92 Å². The van der Waals surface area contributed by atoms with Crippen molar-refractivity contribution in [1.82, 2.24) is 10.2 Å². The predicted molar refractivity (Wildman–Crippen MR) is 75.1 cm³/mol. The fraction of sp³-hybridized carbons (Fsp3) is 0.562. The minimum atomic E-state index is -0.0690. The van der Waals surface area contributed by atoms with E-state index in [4.69, 9.17) is 0 Å². The summed E-state index contributed by atoms with van der Waals surface area (Å²) in [6.45, 7) is 0. The molecule has 3 unspecified atom stereocenters. The first kappa shape index (κ1) is 11.5. The van der Waals surface area contributed by atoms with E-state index in [9.17, 15) is 5.11 Å². The fourth-order valence-corrected chi connectivity index (χ4v) is 4.14. The minimum absolute atomic E-state index is 0.0690. The molecule has 1 aromatic heterocycles. The van der Waals surface area contributed by atoms with Gasteiger partial charge in [0.2, 0.25) is 0 Å². The zero-order valence-electron chi connectivity index (χ0n) is 11.1. The Kier molecular flexibility index (Phi) is 2.62. The summed E-state index contributed by atoms with van der Waals surface area (Å²) < 4.78 is 0. The third-order valence-electron chi connectivity index (χ3n) is 5.08. The van der Waals surface area contributed by atoms with Gasteiger partial charge in [0.1, 0.15) is 0 Å². The number of aliphatic hydroxyl groups excluding tert-OH is 1. The maximum absolute atomic E-state index is 9.91. The summed E-state index contributed by atoms with van der Waals surface area (Å²) in [4.78, 5) is 0. The summed E-state index contributed by atoms with van der Waals surface area (Å²) in [5, 5.41) is 18.4. The average molecular weight is 256 g/mol.